The minimum atomic E-state index is -1.76. The lowest BCUT2D eigenvalue weighted by atomic mass is 10.2. The number of rotatable bonds is 4. The molecule has 6 heteroatoms. The SMILES string of the molecule is COC(=O)[C@@H](CC#C[Si](C)(C)C(C)(C)C)NC(=O)c1cccnc1. The minimum absolute atomic E-state index is 0.139. The summed E-state index contributed by atoms with van der Waals surface area (Å²) in [4.78, 5) is 28.0. The topological polar surface area (TPSA) is 68.3 Å². The molecule has 5 nitrogen and oxygen atoms in total. The van der Waals surface area contributed by atoms with Crippen LogP contribution in [0.5, 0.6) is 0 Å². The molecule has 1 amide bonds. The summed E-state index contributed by atoms with van der Waals surface area (Å²) in [5, 5.41) is 2.81. The first-order chi connectivity index (χ1) is 11.1. The summed E-state index contributed by atoms with van der Waals surface area (Å²) in [5.74, 6) is 2.21. The molecule has 1 N–H and O–H groups in total. The fourth-order valence-corrected chi connectivity index (χ4v) is 2.55. The molecule has 0 aromatic carbocycles. The number of hydrogen-bond donors (Lipinski definition) is 1. The Kier molecular flexibility index (Phi) is 6.73. The van der Waals surface area contributed by atoms with Crippen LogP contribution in [0.15, 0.2) is 24.5 Å². The average Bonchev–Trinajstić information content (AvgIpc) is 2.52. The molecule has 1 aromatic heterocycles. The molecule has 0 saturated carbocycles. The summed E-state index contributed by atoms with van der Waals surface area (Å²) < 4.78 is 4.77. The molecule has 24 heavy (non-hydrogen) atoms. The van der Waals surface area contributed by atoms with Crippen LogP contribution in [-0.4, -0.2) is 38.1 Å². The Labute approximate surface area is 145 Å². The second-order valence-electron chi connectivity index (χ2n) is 7.17. The van der Waals surface area contributed by atoms with E-state index in [0.29, 0.717) is 5.56 Å². The standard InChI is InChI=1S/C18H26N2O3Si/c1-18(2,3)24(5,6)12-8-10-15(17(22)23-4)20-16(21)14-9-7-11-19-13-14/h7,9,11,13,15H,10H2,1-6H3,(H,20,21)/t15-/m1/s1. The van der Waals surface area contributed by atoms with E-state index in [1.54, 1.807) is 18.3 Å². The zero-order valence-corrected chi connectivity index (χ0v) is 16.3. The van der Waals surface area contributed by atoms with E-state index in [1.165, 1.54) is 13.3 Å². The van der Waals surface area contributed by atoms with Gasteiger partial charge in [0.2, 0.25) is 0 Å². The van der Waals surface area contributed by atoms with Crippen molar-refractivity contribution in [1.82, 2.24) is 10.3 Å². The third-order valence-corrected chi connectivity index (χ3v) is 8.85. The van der Waals surface area contributed by atoms with Gasteiger partial charge in [0.25, 0.3) is 5.91 Å². The maximum absolute atomic E-state index is 12.2. The summed E-state index contributed by atoms with van der Waals surface area (Å²) >= 11 is 0. The highest BCUT2D eigenvalue weighted by Crippen LogP contribution is 2.35. The first-order valence-electron chi connectivity index (χ1n) is 7.87. The van der Waals surface area contributed by atoms with Crippen molar-refractivity contribution in [2.45, 2.75) is 51.4 Å². The van der Waals surface area contributed by atoms with Crippen LogP contribution in [0.2, 0.25) is 18.1 Å². The highest BCUT2D eigenvalue weighted by Gasteiger charge is 2.33. The van der Waals surface area contributed by atoms with Crippen LogP contribution in [0.1, 0.15) is 37.6 Å². The second kappa shape index (κ2) is 8.11. The van der Waals surface area contributed by atoms with E-state index in [9.17, 15) is 9.59 Å². The van der Waals surface area contributed by atoms with Gasteiger partial charge in [-0.3, -0.25) is 9.78 Å². The van der Waals surface area contributed by atoms with Crippen molar-refractivity contribution in [2.75, 3.05) is 7.11 Å². The van der Waals surface area contributed by atoms with Gasteiger partial charge in [-0.15, -0.1) is 11.5 Å². The van der Waals surface area contributed by atoms with Gasteiger partial charge in [0.1, 0.15) is 14.1 Å². The van der Waals surface area contributed by atoms with E-state index in [4.69, 9.17) is 4.74 Å². The lowest BCUT2D eigenvalue weighted by Crippen LogP contribution is -2.41. The van der Waals surface area contributed by atoms with Crippen LogP contribution >= 0.6 is 0 Å². The molecule has 0 radical (unpaired) electrons. The van der Waals surface area contributed by atoms with Crippen LogP contribution in [0, 0.1) is 11.5 Å². The largest absolute Gasteiger partial charge is 0.467 e. The van der Waals surface area contributed by atoms with E-state index < -0.39 is 20.1 Å². The number of ether oxygens (including phenoxy) is 1. The summed E-state index contributed by atoms with van der Waals surface area (Å²) in [6.45, 7) is 10.9. The molecule has 0 aliphatic rings. The normalized spacial score (nSPS) is 12.6. The molecule has 0 aliphatic heterocycles. The van der Waals surface area contributed by atoms with Crippen molar-refractivity contribution >= 4 is 20.0 Å². The Morgan fingerprint density at radius 2 is 2.04 bits per heavy atom. The zero-order chi connectivity index (χ0) is 18.4. The minimum Gasteiger partial charge on any atom is -0.467 e. The molecule has 0 spiro atoms. The van der Waals surface area contributed by atoms with Crippen molar-refractivity contribution in [3.8, 4) is 11.5 Å². The highest BCUT2D eigenvalue weighted by atomic mass is 28.3. The number of amides is 1. The van der Waals surface area contributed by atoms with E-state index in [-0.39, 0.29) is 17.4 Å². The molecule has 0 bridgehead atoms. The van der Waals surface area contributed by atoms with Gasteiger partial charge in [-0.1, -0.05) is 33.9 Å². The van der Waals surface area contributed by atoms with Crippen LogP contribution in [0.25, 0.3) is 0 Å². The van der Waals surface area contributed by atoms with Crippen molar-refractivity contribution in [3.05, 3.63) is 30.1 Å². The average molecular weight is 347 g/mol. The van der Waals surface area contributed by atoms with Crippen molar-refractivity contribution in [1.29, 1.82) is 0 Å². The summed E-state index contributed by atoms with van der Waals surface area (Å²) in [6.07, 6.45) is 3.26. The summed E-state index contributed by atoms with van der Waals surface area (Å²) in [5.41, 5.74) is 3.73. The van der Waals surface area contributed by atoms with E-state index in [2.05, 4.69) is 55.6 Å². The van der Waals surface area contributed by atoms with Gasteiger partial charge in [0.15, 0.2) is 0 Å². The monoisotopic (exact) mass is 346 g/mol. The quantitative estimate of drug-likeness (QED) is 0.517. The molecule has 0 saturated heterocycles. The zero-order valence-electron chi connectivity index (χ0n) is 15.3. The lowest BCUT2D eigenvalue weighted by Gasteiger charge is -2.31. The first kappa shape index (κ1) is 19.9. The van der Waals surface area contributed by atoms with Crippen LogP contribution in [0.3, 0.4) is 0 Å². The molecule has 130 valence electrons. The number of carbonyl (C=O) groups is 2. The Morgan fingerprint density at radius 3 is 2.54 bits per heavy atom. The predicted octanol–water partition coefficient (Wildman–Crippen LogP) is 2.79. The van der Waals surface area contributed by atoms with Crippen molar-refractivity contribution < 1.29 is 14.3 Å². The number of esters is 1. The predicted molar refractivity (Wildman–Crippen MR) is 97.1 cm³/mol. The molecule has 1 atom stereocenters. The third-order valence-electron chi connectivity index (χ3n) is 4.30. The van der Waals surface area contributed by atoms with Gasteiger partial charge in [0, 0.05) is 18.8 Å². The number of carbonyl (C=O) groups excluding carboxylic acids is 2. The molecule has 1 heterocycles. The van der Waals surface area contributed by atoms with Gasteiger partial charge in [-0.25, -0.2) is 4.79 Å². The number of hydrogen-bond acceptors (Lipinski definition) is 4. The molecule has 0 fully saturated rings. The molecule has 1 rings (SSSR count). The number of nitrogens with one attached hydrogen (secondary N) is 1. The summed E-state index contributed by atoms with van der Waals surface area (Å²) in [6, 6.07) is 2.51. The fraction of sp³-hybridized carbons (Fsp3) is 0.500. The van der Waals surface area contributed by atoms with Crippen molar-refractivity contribution in [2.24, 2.45) is 0 Å². The fourth-order valence-electron chi connectivity index (χ4n) is 1.64. The van der Waals surface area contributed by atoms with Crippen LogP contribution in [-0.2, 0) is 9.53 Å². The first-order valence-corrected chi connectivity index (χ1v) is 10.9. The Balaban J connectivity index is 2.85. The maximum Gasteiger partial charge on any atom is 0.329 e. The van der Waals surface area contributed by atoms with Gasteiger partial charge < -0.3 is 10.1 Å². The van der Waals surface area contributed by atoms with Gasteiger partial charge >= 0.3 is 5.97 Å². The van der Waals surface area contributed by atoms with Crippen LogP contribution in [0.4, 0.5) is 0 Å². The summed E-state index contributed by atoms with van der Waals surface area (Å²) in [7, 11) is -0.458. The van der Waals surface area contributed by atoms with E-state index in [1.807, 2.05) is 0 Å². The number of methoxy groups -OCH3 is 1. The molecular weight excluding hydrogens is 320 g/mol. The Hall–Kier alpha value is -2.13. The smallest absolute Gasteiger partial charge is 0.329 e. The lowest BCUT2D eigenvalue weighted by molar-refractivity contribution is -0.142. The molecule has 1 aromatic rings. The highest BCUT2D eigenvalue weighted by molar-refractivity contribution is 6.87. The molecule has 0 aliphatic carbocycles. The van der Waals surface area contributed by atoms with Crippen molar-refractivity contribution in [3.63, 3.8) is 0 Å². The third kappa shape index (κ3) is 5.50. The molecule has 0 unspecified atom stereocenters. The second-order valence-corrected chi connectivity index (χ2v) is 12.2. The number of pyridine rings is 1. The number of nitrogens with zero attached hydrogens (tertiary/aromatic N) is 1. The maximum atomic E-state index is 12.2. The van der Waals surface area contributed by atoms with Crippen LogP contribution < -0.4 is 5.32 Å². The van der Waals surface area contributed by atoms with Gasteiger partial charge in [-0.2, -0.15) is 0 Å². The van der Waals surface area contributed by atoms with E-state index in [0.717, 1.165) is 0 Å². The Bertz CT molecular complexity index is 640. The molecular formula is C18H26N2O3Si. The van der Waals surface area contributed by atoms with Gasteiger partial charge in [0.05, 0.1) is 12.7 Å². The van der Waals surface area contributed by atoms with Gasteiger partial charge in [-0.05, 0) is 17.2 Å². The van der Waals surface area contributed by atoms with E-state index >= 15 is 0 Å². The Morgan fingerprint density at radius 1 is 1.38 bits per heavy atom. The number of aromatic nitrogens is 1.